The molecule has 0 saturated heterocycles. The van der Waals surface area contributed by atoms with Crippen molar-refractivity contribution in [3.63, 3.8) is 0 Å². The first-order valence-corrected chi connectivity index (χ1v) is 6.19. The lowest BCUT2D eigenvalue weighted by Gasteiger charge is -2.25. The van der Waals surface area contributed by atoms with Crippen molar-refractivity contribution in [2.24, 2.45) is 5.92 Å². The van der Waals surface area contributed by atoms with Gasteiger partial charge >= 0.3 is 0 Å². The van der Waals surface area contributed by atoms with E-state index in [2.05, 4.69) is 12.2 Å². The van der Waals surface area contributed by atoms with E-state index in [9.17, 15) is 0 Å². The summed E-state index contributed by atoms with van der Waals surface area (Å²) in [6.07, 6.45) is 8.76. The maximum atomic E-state index is 5.76. The normalized spacial score (nSPS) is 24.6. The van der Waals surface area contributed by atoms with Gasteiger partial charge in [-0.25, -0.2) is 0 Å². The van der Waals surface area contributed by atoms with Crippen LogP contribution >= 0.6 is 0 Å². The molecule has 82 valence electrons. The molecule has 0 aromatic carbocycles. The third kappa shape index (κ3) is 3.58. The van der Waals surface area contributed by atoms with E-state index < -0.39 is 0 Å². The first-order valence-electron chi connectivity index (χ1n) is 6.19. The fourth-order valence-electron chi connectivity index (χ4n) is 1.90. The predicted molar refractivity (Wildman–Crippen MR) is 58.4 cm³/mol. The van der Waals surface area contributed by atoms with Gasteiger partial charge in [-0.3, -0.25) is 0 Å². The number of ether oxygens (including phenoxy) is 1. The van der Waals surface area contributed by atoms with Crippen molar-refractivity contribution >= 4 is 0 Å². The molecular formula is C12H23NO. The summed E-state index contributed by atoms with van der Waals surface area (Å²) in [4.78, 5) is 0. The molecule has 1 N–H and O–H groups in total. The molecule has 0 aliphatic heterocycles. The molecule has 2 nitrogen and oxygen atoms in total. The monoisotopic (exact) mass is 197 g/mol. The molecule has 14 heavy (non-hydrogen) atoms. The van der Waals surface area contributed by atoms with Crippen LogP contribution in [0.1, 0.15) is 45.4 Å². The summed E-state index contributed by atoms with van der Waals surface area (Å²) in [7, 11) is 0. The van der Waals surface area contributed by atoms with Gasteiger partial charge in [0.05, 0.1) is 6.10 Å². The molecule has 2 fully saturated rings. The van der Waals surface area contributed by atoms with Crippen molar-refractivity contribution in [2.45, 2.75) is 57.6 Å². The summed E-state index contributed by atoms with van der Waals surface area (Å²) < 4.78 is 5.76. The van der Waals surface area contributed by atoms with Gasteiger partial charge in [0.1, 0.15) is 0 Å². The number of nitrogens with one attached hydrogen (secondary N) is 1. The zero-order valence-corrected chi connectivity index (χ0v) is 9.30. The second kappa shape index (κ2) is 5.13. The molecule has 2 rings (SSSR count). The zero-order valence-electron chi connectivity index (χ0n) is 9.30. The van der Waals surface area contributed by atoms with E-state index in [4.69, 9.17) is 4.74 Å². The first-order chi connectivity index (χ1) is 6.84. The van der Waals surface area contributed by atoms with Crippen LogP contribution in [0.5, 0.6) is 0 Å². The predicted octanol–water partition coefficient (Wildman–Crippen LogP) is 2.33. The van der Waals surface area contributed by atoms with Crippen LogP contribution in [0.25, 0.3) is 0 Å². The Morgan fingerprint density at radius 1 is 1.29 bits per heavy atom. The van der Waals surface area contributed by atoms with Crippen LogP contribution in [0, 0.1) is 5.92 Å². The Balaban J connectivity index is 1.42. The Morgan fingerprint density at radius 3 is 2.64 bits per heavy atom. The molecule has 0 spiro atoms. The van der Waals surface area contributed by atoms with Gasteiger partial charge in [0, 0.05) is 19.2 Å². The number of hydrogen-bond acceptors (Lipinski definition) is 2. The van der Waals surface area contributed by atoms with E-state index in [-0.39, 0.29) is 0 Å². The Bertz CT molecular complexity index is 164. The molecule has 0 radical (unpaired) electrons. The Labute approximate surface area is 87.4 Å². The Morgan fingerprint density at radius 2 is 2.07 bits per heavy atom. The molecule has 2 heteroatoms. The molecule has 0 aromatic heterocycles. The maximum Gasteiger partial charge on any atom is 0.0671 e. The number of rotatable bonds is 7. The van der Waals surface area contributed by atoms with Crippen LogP contribution in [0.15, 0.2) is 0 Å². The van der Waals surface area contributed by atoms with E-state index in [0.717, 1.165) is 25.1 Å². The highest BCUT2D eigenvalue weighted by Crippen LogP contribution is 2.29. The molecule has 1 atom stereocenters. The highest BCUT2D eigenvalue weighted by molar-refractivity contribution is 4.81. The topological polar surface area (TPSA) is 21.3 Å². The Kier molecular flexibility index (Phi) is 3.82. The third-order valence-corrected chi connectivity index (χ3v) is 3.42. The van der Waals surface area contributed by atoms with Gasteiger partial charge in [-0.1, -0.05) is 19.3 Å². The minimum atomic E-state index is 0.399. The lowest BCUT2D eigenvalue weighted by atomic mass is 9.83. The average Bonchev–Trinajstić information content (AvgIpc) is 2.89. The van der Waals surface area contributed by atoms with Gasteiger partial charge in [0.25, 0.3) is 0 Å². The lowest BCUT2D eigenvalue weighted by Crippen LogP contribution is -2.29. The molecule has 0 amide bonds. The second-order valence-corrected chi connectivity index (χ2v) is 4.95. The summed E-state index contributed by atoms with van der Waals surface area (Å²) in [6, 6.07) is 0.813. The summed E-state index contributed by atoms with van der Waals surface area (Å²) >= 11 is 0. The molecule has 2 aliphatic carbocycles. The molecule has 0 aromatic rings. The molecule has 1 unspecified atom stereocenters. The van der Waals surface area contributed by atoms with E-state index in [1.54, 1.807) is 0 Å². The van der Waals surface area contributed by atoms with Gasteiger partial charge in [-0.05, 0) is 32.1 Å². The van der Waals surface area contributed by atoms with Gasteiger partial charge in [-0.15, -0.1) is 0 Å². The fraction of sp³-hybridized carbons (Fsp3) is 1.00. The van der Waals surface area contributed by atoms with Gasteiger partial charge in [0.2, 0.25) is 0 Å². The highest BCUT2D eigenvalue weighted by atomic mass is 16.5. The van der Waals surface area contributed by atoms with Gasteiger partial charge in [0.15, 0.2) is 0 Å². The summed E-state index contributed by atoms with van der Waals surface area (Å²) in [5, 5.41) is 3.50. The average molecular weight is 197 g/mol. The first kappa shape index (κ1) is 10.4. The van der Waals surface area contributed by atoms with E-state index in [0.29, 0.717) is 6.10 Å². The van der Waals surface area contributed by atoms with Crippen molar-refractivity contribution in [3.05, 3.63) is 0 Å². The number of hydrogen-bond donors (Lipinski definition) is 1. The van der Waals surface area contributed by atoms with E-state index in [1.165, 1.54) is 38.5 Å². The van der Waals surface area contributed by atoms with Crippen molar-refractivity contribution in [3.8, 4) is 0 Å². The third-order valence-electron chi connectivity index (χ3n) is 3.42. The van der Waals surface area contributed by atoms with Crippen molar-refractivity contribution < 1.29 is 4.74 Å². The van der Waals surface area contributed by atoms with Crippen LogP contribution in [0.3, 0.4) is 0 Å². The molecule has 2 aliphatic rings. The quantitative estimate of drug-likeness (QED) is 0.676. The summed E-state index contributed by atoms with van der Waals surface area (Å²) in [5.74, 6) is 0.985. The van der Waals surface area contributed by atoms with E-state index >= 15 is 0 Å². The largest absolute Gasteiger partial charge is 0.377 e. The van der Waals surface area contributed by atoms with Crippen molar-refractivity contribution in [2.75, 3.05) is 13.2 Å². The molecule has 0 bridgehead atoms. The van der Waals surface area contributed by atoms with E-state index in [1.807, 2.05) is 0 Å². The van der Waals surface area contributed by atoms with Crippen molar-refractivity contribution in [1.29, 1.82) is 0 Å². The van der Waals surface area contributed by atoms with Gasteiger partial charge in [-0.2, -0.15) is 0 Å². The second-order valence-electron chi connectivity index (χ2n) is 4.95. The minimum Gasteiger partial charge on any atom is -0.377 e. The lowest BCUT2D eigenvalue weighted by molar-refractivity contribution is 0.0490. The zero-order chi connectivity index (χ0) is 9.80. The smallest absolute Gasteiger partial charge is 0.0671 e. The van der Waals surface area contributed by atoms with Crippen LogP contribution < -0.4 is 5.32 Å². The molecular weight excluding hydrogens is 174 g/mol. The van der Waals surface area contributed by atoms with Crippen LogP contribution in [-0.4, -0.2) is 25.3 Å². The molecule has 2 saturated carbocycles. The van der Waals surface area contributed by atoms with Gasteiger partial charge < -0.3 is 10.1 Å². The minimum absolute atomic E-state index is 0.399. The SMILES string of the molecule is CC(CNC1CC1)OCCC1CCC1. The molecule has 0 heterocycles. The maximum absolute atomic E-state index is 5.76. The van der Waals surface area contributed by atoms with Crippen LogP contribution in [0.4, 0.5) is 0 Å². The van der Waals surface area contributed by atoms with Crippen molar-refractivity contribution in [1.82, 2.24) is 5.32 Å². The fourth-order valence-corrected chi connectivity index (χ4v) is 1.90. The highest BCUT2D eigenvalue weighted by Gasteiger charge is 2.21. The standard InChI is InChI=1S/C12H23NO/c1-10(9-13-12-5-6-12)14-8-7-11-3-2-4-11/h10-13H,2-9H2,1H3. The van der Waals surface area contributed by atoms with Crippen LogP contribution in [0.2, 0.25) is 0 Å². The summed E-state index contributed by atoms with van der Waals surface area (Å²) in [6.45, 7) is 4.18. The Hall–Kier alpha value is -0.0800. The summed E-state index contributed by atoms with van der Waals surface area (Å²) in [5.41, 5.74) is 0. The van der Waals surface area contributed by atoms with Crippen LogP contribution in [-0.2, 0) is 4.74 Å².